The molecule has 3 rings (SSSR count). The zero-order valence-electron chi connectivity index (χ0n) is 22.2. The summed E-state index contributed by atoms with van der Waals surface area (Å²) in [4.78, 5) is 53.0. The summed E-state index contributed by atoms with van der Waals surface area (Å²) in [6, 6.07) is 0. The maximum absolute atomic E-state index is 12.2. The van der Waals surface area contributed by atoms with Crippen molar-refractivity contribution in [2.24, 2.45) is 5.11 Å². The molecule has 2 aromatic rings. The van der Waals surface area contributed by atoms with E-state index in [2.05, 4.69) is 47.0 Å². The fourth-order valence-electron chi connectivity index (χ4n) is 3.65. The second-order valence-electron chi connectivity index (χ2n) is 8.75. The van der Waals surface area contributed by atoms with Gasteiger partial charge in [-0.1, -0.05) is 18.0 Å². The zero-order valence-corrected chi connectivity index (χ0v) is 25.8. The van der Waals surface area contributed by atoms with Crippen molar-refractivity contribution in [1.29, 1.82) is 0 Å². The van der Waals surface area contributed by atoms with Gasteiger partial charge < -0.3 is 40.3 Å². The minimum absolute atomic E-state index is 0.00884. The van der Waals surface area contributed by atoms with E-state index < -0.39 is 69.0 Å². The molecule has 28 heteroatoms. The van der Waals surface area contributed by atoms with Crippen LogP contribution < -0.4 is 5.73 Å². The zero-order chi connectivity index (χ0) is 32.8. The first kappa shape index (κ1) is 36.6. The molecule has 8 atom stereocenters. The molecule has 24 nitrogen and oxygen atoms in total. The van der Waals surface area contributed by atoms with Crippen LogP contribution >= 0.6 is 31.3 Å². The number of phosphoric acid groups is 4. The minimum Gasteiger partial charge on any atom is -0.387 e. The van der Waals surface area contributed by atoms with Crippen molar-refractivity contribution >= 4 is 48.3 Å². The van der Waals surface area contributed by atoms with Crippen LogP contribution in [0.3, 0.4) is 0 Å². The van der Waals surface area contributed by atoms with E-state index in [9.17, 15) is 48.0 Å². The van der Waals surface area contributed by atoms with Crippen molar-refractivity contribution in [3.05, 3.63) is 23.1 Å². The van der Waals surface area contributed by atoms with Gasteiger partial charge in [0.2, 0.25) is 0 Å². The van der Waals surface area contributed by atoms with Gasteiger partial charge in [0.25, 0.3) is 0 Å². The van der Waals surface area contributed by atoms with E-state index in [0.29, 0.717) is 19.3 Å². The number of fused-ring (bicyclic) bond motifs is 1. The van der Waals surface area contributed by atoms with Crippen LogP contribution in [-0.4, -0.2) is 87.4 Å². The van der Waals surface area contributed by atoms with Crippen molar-refractivity contribution < 1.29 is 74.8 Å². The molecule has 1 aliphatic heterocycles. The molecule has 44 heavy (non-hydrogen) atoms. The molecule has 1 fully saturated rings. The summed E-state index contributed by atoms with van der Waals surface area (Å²) in [5, 5.41) is 24.1. The van der Waals surface area contributed by atoms with E-state index in [4.69, 9.17) is 16.0 Å². The highest BCUT2D eigenvalue weighted by Gasteiger charge is 2.48. The number of nitrogen functional groups attached to an aromatic ring is 1. The van der Waals surface area contributed by atoms with E-state index >= 15 is 0 Å². The molecule has 248 valence electrons. The Morgan fingerprint density at radius 2 is 1.52 bits per heavy atom. The highest BCUT2D eigenvalue weighted by atomic mass is 31.3. The Balaban J connectivity index is 1.50. The Morgan fingerprint density at radius 1 is 0.909 bits per heavy atom. The smallest absolute Gasteiger partial charge is 0.387 e. The lowest BCUT2D eigenvalue weighted by Gasteiger charge is -2.20. The SMILES string of the molecule is [N-]=[N+]=NCCCCCCOP(=O)(O)OP(=O)(O)OP(=O)(O)OP(=O)(O)OC[C@H]1O[C@@H](n2cnc3c(N)ncnc32)[C@H](O)[C@@H]1O. The van der Waals surface area contributed by atoms with E-state index in [-0.39, 0.29) is 29.9 Å². The molecule has 3 heterocycles. The average Bonchev–Trinajstić information content (AvgIpc) is 3.44. The van der Waals surface area contributed by atoms with Gasteiger partial charge in [-0.05, 0) is 18.4 Å². The Bertz CT molecular complexity index is 1540. The topological polar surface area (TPSA) is 363 Å². The molecule has 4 unspecified atom stereocenters. The van der Waals surface area contributed by atoms with E-state index in [0.717, 1.165) is 6.33 Å². The van der Waals surface area contributed by atoms with Crippen molar-refractivity contribution in [3.8, 4) is 0 Å². The quantitative estimate of drug-likeness (QED) is 0.0377. The average molecular weight is 712 g/mol. The number of unbranched alkanes of at least 4 members (excludes halogenated alkanes) is 3. The molecule has 0 bridgehead atoms. The van der Waals surface area contributed by atoms with Crippen molar-refractivity contribution in [2.75, 3.05) is 25.5 Å². The number of rotatable bonds is 18. The second-order valence-corrected chi connectivity index (χ2v) is 15.0. The summed E-state index contributed by atoms with van der Waals surface area (Å²) in [7, 11) is -23.0. The number of phosphoric ester groups is 2. The number of aliphatic hydroxyl groups is 2. The first-order chi connectivity index (χ1) is 20.5. The molecule has 0 aliphatic carbocycles. The van der Waals surface area contributed by atoms with Gasteiger partial charge in [0.05, 0.1) is 19.5 Å². The van der Waals surface area contributed by atoms with Crippen molar-refractivity contribution in [2.45, 2.75) is 50.2 Å². The van der Waals surface area contributed by atoms with Crippen LogP contribution in [0.1, 0.15) is 31.9 Å². The summed E-state index contributed by atoms with van der Waals surface area (Å²) < 4.78 is 75.4. The third-order valence-corrected chi connectivity index (χ3v) is 11.4. The third kappa shape index (κ3) is 10.6. The number of hydrogen-bond acceptors (Lipinski definition) is 17. The molecule has 2 aromatic heterocycles. The Kier molecular flexibility index (Phi) is 12.6. The maximum atomic E-state index is 12.2. The molecule has 0 saturated carbocycles. The summed E-state index contributed by atoms with van der Waals surface area (Å²) in [6.45, 7) is -1.26. The molecular weight excluding hydrogens is 684 g/mol. The predicted octanol–water partition coefficient (Wildman–Crippen LogP) is 1.38. The highest BCUT2D eigenvalue weighted by molar-refractivity contribution is 7.69. The molecule has 0 spiro atoms. The number of azide groups is 1. The number of nitrogens with two attached hydrogens (primary N) is 1. The summed E-state index contributed by atoms with van der Waals surface area (Å²) >= 11 is 0. The van der Waals surface area contributed by atoms with Gasteiger partial charge in [-0.15, -0.1) is 0 Å². The van der Waals surface area contributed by atoms with Gasteiger partial charge in [-0.2, -0.15) is 12.9 Å². The largest absolute Gasteiger partial charge is 0.490 e. The number of aliphatic hydroxyl groups excluding tert-OH is 2. The first-order valence-electron chi connectivity index (χ1n) is 12.2. The first-order valence-corrected chi connectivity index (χ1v) is 18.1. The van der Waals surface area contributed by atoms with Crippen LogP contribution in [0.15, 0.2) is 17.8 Å². The molecule has 1 aliphatic rings. The lowest BCUT2D eigenvalue weighted by molar-refractivity contribution is -0.0503. The van der Waals surface area contributed by atoms with E-state index in [1.165, 1.54) is 10.9 Å². The fraction of sp³-hybridized carbons (Fsp3) is 0.688. The van der Waals surface area contributed by atoms with Crippen LogP contribution in [0.25, 0.3) is 21.6 Å². The molecule has 0 radical (unpaired) electrons. The number of nitrogens with zero attached hydrogens (tertiary/aromatic N) is 7. The number of ether oxygens (including phenoxy) is 1. The summed E-state index contributed by atoms with van der Waals surface area (Å²) in [5.74, 6) is 0.00884. The van der Waals surface area contributed by atoms with Gasteiger partial charge in [0.1, 0.15) is 30.2 Å². The van der Waals surface area contributed by atoms with Gasteiger partial charge in [0, 0.05) is 11.5 Å². The Morgan fingerprint density at radius 3 is 2.18 bits per heavy atom. The number of aromatic nitrogens is 4. The molecule has 1 saturated heterocycles. The molecule has 0 aromatic carbocycles. The van der Waals surface area contributed by atoms with Gasteiger partial charge in [-0.25, -0.2) is 33.2 Å². The highest BCUT2D eigenvalue weighted by Crippen LogP contribution is 2.71. The standard InChI is InChI=1S/C16H28N8O16P4/c17-14-11-15(20-8-19-14)24(9-21-11)16-13(26)12(25)10(37-16)7-36-42(29,30)39-44(33,34)40-43(31,32)38-41(27,28)35-6-4-2-1-3-5-22-23-18/h8-10,12-13,16,25-26H,1-7H2,(H,27,28)(H,29,30)(H,31,32)(H,33,34)(H2,17,19,20)/t10-,12-,13-,16-/m1/s1. The minimum atomic E-state index is -6.03. The Labute approximate surface area is 246 Å². The summed E-state index contributed by atoms with van der Waals surface area (Å²) in [6.07, 6.45) is -2.33. The second kappa shape index (κ2) is 15.1. The fourth-order valence-corrected chi connectivity index (χ4v) is 8.63. The Hall–Kier alpha value is -1.90. The molecule has 0 amide bonds. The number of imidazole rings is 1. The van der Waals surface area contributed by atoms with Crippen LogP contribution in [0.5, 0.6) is 0 Å². The van der Waals surface area contributed by atoms with Gasteiger partial charge in [-0.3, -0.25) is 13.6 Å². The lowest BCUT2D eigenvalue weighted by atomic mass is 10.1. The van der Waals surface area contributed by atoms with Crippen LogP contribution in [0.2, 0.25) is 0 Å². The predicted molar refractivity (Wildman–Crippen MR) is 143 cm³/mol. The van der Waals surface area contributed by atoms with E-state index in [1.54, 1.807) is 0 Å². The van der Waals surface area contributed by atoms with Crippen molar-refractivity contribution in [3.63, 3.8) is 0 Å². The van der Waals surface area contributed by atoms with Crippen LogP contribution in [0, 0.1) is 0 Å². The number of anilines is 1. The molecule has 8 N–H and O–H groups in total. The van der Waals surface area contributed by atoms with Gasteiger partial charge in [0.15, 0.2) is 17.7 Å². The number of hydrogen-bond donors (Lipinski definition) is 7. The normalized spacial score (nSPS) is 25.9. The van der Waals surface area contributed by atoms with Crippen LogP contribution in [-0.2, 0) is 45.0 Å². The monoisotopic (exact) mass is 712 g/mol. The third-order valence-electron chi connectivity index (χ3n) is 5.49. The van der Waals surface area contributed by atoms with E-state index in [1.807, 2.05) is 0 Å². The van der Waals surface area contributed by atoms with Crippen molar-refractivity contribution in [1.82, 2.24) is 19.5 Å². The lowest BCUT2D eigenvalue weighted by Crippen LogP contribution is -2.33. The summed E-state index contributed by atoms with van der Waals surface area (Å²) in [5.41, 5.74) is 14.1. The molecular formula is C16H28N8O16P4. The van der Waals surface area contributed by atoms with Gasteiger partial charge >= 0.3 is 31.3 Å². The maximum Gasteiger partial charge on any atom is 0.490 e. The van der Waals surface area contributed by atoms with Crippen LogP contribution in [0.4, 0.5) is 5.82 Å².